The molecule has 10 nitrogen and oxygen atoms in total. The number of carbonyl (C=O) groups excluding carboxylic acids is 2. The normalized spacial score (nSPS) is 11.5. The summed E-state index contributed by atoms with van der Waals surface area (Å²) in [6, 6.07) is 8.95. The maximum atomic E-state index is 15.6. The van der Waals surface area contributed by atoms with E-state index in [2.05, 4.69) is 20.4 Å². The van der Waals surface area contributed by atoms with Crippen LogP contribution in [0.1, 0.15) is 36.8 Å². The predicted molar refractivity (Wildman–Crippen MR) is 132 cm³/mol. The van der Waals surface area contributed by atoms with Crippen LogP contribution in [0.25, 0.3) is 16.6 Å². The molecule has 0 atom stereocenters. The van der Waals surface area contributed by atoms with Gasteiger partial charge in [-0.25, -0.2) is 23.7 Å². The number of aromatic nitrogens is 4. The van der Waals surface area contributed by atoms with Crippen LogP contribution in [0.3, 0.4) is 0 Å². The van der Waals surface area contributed by atoms with Gasteiger partial charge in [0.2, 0.25) is 0 Å². The molecule has 180 valence electrons. The van der Waals surface area contributed by atoms with Gasteiger partial charge in [0.05, 0.1) is 11.3 Å². The molecule has 0 fully saturated rings. The SMILES string of the molecule is Cc1cccc(NC(=O)N(c2ccc(-c3c(C(N)=O)cn4ncnc(N)c34)cc2F)C(C)(C)C)n1. The second kappa shape index (κ2) is 8.67. The molecule has 0 bridgehead atoms. The third kappa shape index (κ3) is 4.47. The van der Waals surface area contributed by atoms with E-state index in [0.717, 1.165) is 5.69 Å². The number of halogens is 1. The first-order chi connectivity index (χ1) is 16.5. The van der Waals surface area contributed by atoms with Gasteiger partial charge in [0.25, 0.3) is 5.91 Å². The first-order valence-corrected chi connectivity index (χ1v) is 10.7. The molecule has 0 aliphatic heterocycles. The van der Waals surface area contributed by atoms with Gasteiger partial charge in [0, 0.05) is 23.0 Å². The van der Waals surface area contributed by atoms with Crippen LogP contribution >= 0.6 is 0 Å². The molecule has 3 amide bonds. The average Bonchev–Trinajstić information content (AvgIpc) is 3.15. The molecule has 0 unspecified atom stereocenters. The van der Waals surface area contributed by atoms with Crippen LogP contribution in [-0.4, -0.2) is 37.1 Å². The fraction of sp³-hybridized carbons (Fsp3) is 0.208. The van der Waals surface area contributed by atoms with E-state index in [1.54, 1.807) is 52.0 Å². The van der Waals surface area contributed by atoms with Crippen LogP contribution in [0.2, 0.25) is 0 Å². The highest BCUT2D eigenvalue weighted by molar-refractivity contribution is 6.07. The third-order valence-electron chi connectivity index (χ3n) is 5.34. The maximum absolute atomic E-state index is 15.6. The number of rotatable bonds is 4. The topological polar surface area (TPSA) is 145 Å². The van der Waals surface area contributed by atoms with Gasteiger partial charge in [-0.2, -0.15) is 5.10 Å². The van der Waals surface area contributed by atoms with Gasteiger partial charge in [-0.3, -0.25) is 15.0 Å². The lowest BCUT2D eigenvalue weighted by atomic mass is 9.99. The molecule has 35 heavy (non-hydrogen) atoms. The monoisotopic (exact) mass is 476 g/mol. The number of anilines is 3. The van der Waals surface area contributed by atoms with Gasteiger partial charge in [0.15, 0.2) is 5.82 Å². The summed E-state index contributed by atoms with van der Waals surface area (Å²) in [5.74, 6) is -0.956. The largest absolute Gasteiger partial charge is 0.382 e. The van der Waals surface area contributed by atoms with Crippen molar-refractivity contribution in [2.75, 3.05) is 16.0 Å². The number of nitrogens with zero attached hydrogens (tertiary/aromatic N) is 5. The fourth-order valence-corrected chi connectivity index (χ4v) is 3.91. The van der Waals surface area contributed by atoms with Crippen LogP contribution in [0.15, 0.2) is 48.9 Å². The second-order valence-corrected chi connectivity index (χ2v) is 8.99. The highest BCUT2D eigenvalue weighted by Crippen LogP contribution is 2.36. The Morgan fingerprint density at radius 3 is 2.54 bits per heavy atom. The summed E-state index contributed by atoms with van der Waals surface area (Å²) >= 11 is 0. The van der Waals surface area contributed by atoms with Crippen molar-refractivity contribution in [2.24, 2.45) is 5.73 Å². The fourth-order valence-electron chi connectivity index (χ4n) is 3.91. The standard InChI is InChI=1S/C24H25FN8O2/c1-13-6-5-7-18(30-13)31-23(35)33(24(2,3)4)17-9-8-14(10-16(17)25)19-15(22(27)34)11-32-20(19)21(26)28-12-29-32/h5-12H,1-4H3,(H2,27,34)(H2,26,28,29)(H,30,31,35). The lowest BCUT2D eigenvalue weighted by Crippen LogP contribution is -2.48. The zero-order chi connectivity index (χ0) is 25.5. The lowest BCUT2D eigenvalue weighted by Gasteiger charge is -2.35. The number of hydrogen-bond donors (Lipinski definition) is 3. The van der Waals surface area contributed by atoms with Crippen molar-refractivity contribution >= 4 is 34.8 Å². The van der Waals surface area contributed by atoms with Crippen molar-refractivity contribution in [3.8, 4) is 11.1 Å². The lowest BCUT2D eigenvalue weighted by molar-refractivity contribution is 0.100. The molecular weight excluding hydrogens is 451 g/mol. The summed E-state index contributed by atoms with van der Waals surface area (Å²) in [4.78, 5) is 34.9. The van der Waals surface area contributed by atoms with E-state index in [1.165, 1.54) is 34.1 Å². The Bertz CT molecular complexity index is 1460. The van der Waals surface area contributed by atoms with Gasteiger partial charge in [-0.05, 0) is 57.5 Å². The molecular formula is C24H25FN8O2. The first kappa shape index (κ1) is 23.6. The van der Waals surface area contributed by atoms with Crippen molar-refractivity contribution in [2.45, 2.75) is 33.2 Å². The Morgan fingerprint density at radius 2 is 1.91 bits per heavy atom. The Morgan fingerprint density at radius 1 is 1.17 bits per heavy atom. The van der Waals surface area contributed by atoms with Gasteiger partial charge in [0.1, 0.15) is 23.5 Å². The Balaban J connectivity index is 1.80. The maximum Gasteiger partial charge on any atom is 0.328 e. The molecule has 11 heteroatoms. The number of benzene rings is 1. The number of urea groups is 1. The molecule has 0 saturated carbocycles. The van der Waals surface area contributed by atoms with Crippen LogP contribution < -0.4 is 21.7 Å². The number of amides is 3. The molecule has 0 aliphatic rings. The first-order valence-electron chi connectivity index (χ1n) is 10.7. The quantitative estimate of drug-likeness (QED) is 0.409. The molecule has 0 radical (unpaired) electrons. The Hall–Kier alpha value is -4.54. The van der Waals surface area contributed by atoms with Crippen LogP contribution in [0.4, 0.5) is 26.5 Å². The summed E-state index contributed by atoms with van der Waals surface area (Å²) in [7, 11) is 0. The van der Waals surface area contributed by atoms with E-state index < -0.39 is 23.3 Å². The second-order valence-electron chi connectivity index (χ2n) is 8.99. The van der Waals surface area contributed by atoms with Crippen molar-refractivity contribution in [3.05, 3.63) is 66.0 Å². The number of primary amides is 1. The number of carbonyl (C=O) groups is 2. The van der Waals surface area contributed by atoms with Crippen molar-refractivity contribution in [1.29, 1.82) is 0 Å². The van der Waals surface area contributed by atoms with E-state index in [1.807, 2.05) is 0 Å². The van der Waals surface area contributed by atoms with E-state index in [4.69, 9.17) is 11.5 Å². The van der Waals surface area contributed by atoms with E-state index >= 15 is 4.39 Å². The van der Waals surface area contributed by atoms with Gasteiger partial charge in [-0.1, -0.05) is 12.1 Å². The van der Waals surface area contributed by atoms with Gasteiger partial charge in [-0.15, -0.1) is 0 Å². The molecule has 0 aliphatic carbocycles. The molecule has 3 aromatic heterocycles. The summed E-state index contributed by atoms with van der Waals surface area (Å²) < 4.78 is 17.0. The zero-order valence-electron chi connectivity index (χ0n) is 19.7. The van der Waals surface area contributed by atoms with E-state index in [9.17, 15) is 9.59 Å². The minimum absolute atomic E-state index is 0.0414. The number of nitrogens with one attached hydrogen (secondary N) is 1. The molecule has 5 N–H and O–H groups in total. The number of fused-ring (bicyclic) bond motifs is 1. The van der Waals surface area contributed by atoms with Crippen molar-refractivity contribution in [3.63, 3.8) is 0 Å². The highest BCUT2D eigenvalue weighted by atomic mass is 19.1. The summed E-state index contributed by atoms with van der Waals surface area (Å²) in [6.07, 6.45) is 2.66. The minimum Gasteiger partial charge on any atom is -0.382 e. The molecule has 1 aromatic carbocycles. The molecule has 4 aromatic rings. The summed E-state index contributed by atoms with van der Waals surface area (Å²) in [5, 5.41) is 6.78. The number of nitrogens with two attached hydrogens (primary N) is 2. The highest BCUT2D eigenvalue weighted by Gasteiger charge is 2.31. The Kier molecular flexibility index (Phi) is 5.85. The smallest absolute Gasteiger partial charge is 0.328 e. The molecule has 0 saturated heterocycles. The average molecular weight is 477 g/mol. The third-order valence-corrected chi connectivity index (χ3v) is 5.34. The van der Waals surface area contributed by atoms with Crippen LogP contribution in [-0.2, 0) is 0 Å². The molecule has 0 spiro atoms. The molecule has 3 heterocycles. The van der Waals surface area contributed by atoms with Gasteiger partial charge >= 0.3 is 6.03 Å². The zero-order valence-corrected chi connectivity index (χ0v) is 19.7. The summed E-state index contributed by atoms with van der Waals surface area (Å²) in [6.45, 7) is 7.16. The van der Waals surface area contributed by atoms with E-state index in [-0.39, 0.29) is 17.1 Å². The summed E-state index contributed by atoms with van der Waals surface area (Å²) in [5.41, 5.74) is 12.6. The van der Waals surface area contributed by atoms with Crippen LogP contribution in [0.5, 0.6) is 0 Å². The van der Waals surface area contributed by atoms with Crippen molar-refractivity contribution < 1.29 is 14.0 Å². The number of aryl methyl sites for hydroxylation is 1. The molecule has 4 rings (SSSR count). The van der Waals surface area contributed by atoms with Gasteiger partial charge < -0.3 is 11.5 Å². The number of hydrogen-bond acceptors (Lipinski definition) is 6. The van der Waals surface area contributed by atoms with E-state index in [0.29, 0.717) is 22.5 Å². The number of pyridine rings is 1. The minimum atomic E-state index is -0.782. The predicted octanol–water partition coefficient (Wildman–Crippen LogP) is 3.76. The Labute approximate surface area is 200 Å². The number of nitrogen functional groups attached to an aromatic ring is 1. The van der Waals surface area contributed by atoms with Crippen LogP contribution in [0, 0.1) is 12.7 Å². The van der Waals surface area contributed by atoms with Crippen molar-refractivity contribution in [1.82, 2.24) is 19.6 Å².